The highest BCUT2D eigenvalue weighted by Crippen LogP contribution is 2.31. The van der Waals surface area contributed by atoms with Gasteiger partial charge < -0.3 is 121 Å². The van der Waals surface area contributed by atoms with E-state index in [0.29, 0.717) is 45.9 Å². The van der Waals surface area contributed by atoms with Crippen molar-refractivity contribution in [2.75, 3.05) is 133 Å². The number of hydrogen-bond donors (Lipinski definition) is 11. The number of carbonyl (C=O) groups excluding carboxylic acids is 4. The van der Waals surface area contributed by atoms with Crippen LogP contribution in [0.1, 0.15) is 52.9 Å². The minimum atomic E-state index is -1.83. The highest BCUT2D eigenvalue weighted by Gasteiger charge is 2.47. The maximum Gasteiger partial charge on any atom is 0.410 e. The smallest absolute Gasteiger partial charge is 0.410 e. The van der Waals surface area contributed by atoms with Gasteiger partial charge in [0.1, 0.15) is 18.3 Å². The zero-order valence-corrected chi connectivity index (χ0v) is 47.5. The van der Waals surface area contributed by atoms with Gasteiger partial charge in [-0.2, -0.15) is 0 Å². The van der Waals surface area contributed by atoms with Gasteiger partial charge in [-0.05, 0) is 31.4 Å². The summed E-state index contributed by atoms with van der Waals surface area (Å²) < 4.78 is 55.8. The first kappa shape index (κ1) is 71.7. The molecule has 470 valence electrons. The number of hydrogen-bond acceptors (Lipinski definition) is 22. The third kappa shape index (κ3) is 27.1. The number of aliphatic imine (C=N–C) groups is 2. The van der Waals surface area contributed by atoms with Crippen molar-refractivity contribution in [1.82, 2.24) is 20.0 Å². The molecule has 0 aromatic carbocycles. The van der Waals surface area contributed by atoms with Crippen LogP contribution in [-0.2, 0) is 66.5 Å². The molecule has 10 atom stereocenters. The Kier molecular flexibility index (Phi) is 35.0. The molecular weight excluding hydrogens is 1090 g/mol. The zero-order valence-electron chi connectivity index (χ0n) is 47.5. The van der Waals surface area contributed by atoms with E-state index in [1.807, 2.05) is 0 Å². The van der Waals surface area contributed by atoms with Crippen LogP contribution < -0.4 is 28.3 Å². The van der Waals surface area contributed by atoms with Crippen molar-refractivity contribution in [2.45, 2.75) is 108 Å². The van der Waals surface area contributed by atoms with Gasteiger partial charge in [0.15, 0.2) is 30.2 Å². The molecule has 0 aromatic rings. The lowest BCUT2D eigenvalue weighted by Gasteiger charge is -2.40. The standard InChI is InChI=1S/C50H88N10O22/c1-6-7-15-73-19-23-77-25-26-78-24-20-74-16-10-39(66)60(12-9-8-11-58(4)49(71)82-43(36(65)30-62)44-40(55-32(3)63)34(57-48(53)54)28-38(80-44)46(69)70)14-18-76-22-21-75-17-13-59(5)50(72)81-42(35(64)29-61)41-31(2)33(56-47(51)52)27-37(79-41)45(67)68/h27-28,31,33-36,40-44,61-62,64-65H,6-26,29-30H2,1-5H3,(H,55,63)(H,67,68)(H,69,70)(H4,51,52,56)(H4,53,54,57)/t31-,33+,34+,35-,36-,40-,41-,42-,43-,44-/m1/s1. The van der Waals surface area contributed by atoms with E-state index in [9.17, 15) is 59.4 Å². The van der Waals surface area contributed by atoms with Crippen LogP contribution in [0.15, 0.2) is 33.7 Å². The van der Waals surface area contributed by atoms with Crippen LogP contribution in [0.3, 0.4) is 0 Å². The van der Waals surface area contributed by atoms with E-state index in [-0.39, 0.29) is 90.7 Å². The minimum Gasteiger partial charge on any atom is -0.479 e. The van der Waals surface area contributed by atoms with Crippen LogP contribution >= 0.6 is 0 Å². The molecule has 0 fully saturated rings. The first-order valence-corrected chi connectivity index (χ1v) is 26.9. The second-order valence-corrected chi connectivity index (χ2v) is 18.9. The normalized spacial score (nSPS) is 20.0. The first-order chi connectivity index (χ1) is 39.1. The van der Waals surface area contributed by atoms with E-state index in [4.69, 9.17) is 70.3 Å². The number of nitrogens with two attached hydrogens (primary N) is 4. The number of amides is 4. The van der Waals surface area contributed by atoms with Crippen molar-refractivity contribution in [3.63, 3.8) is 0 Å². The molecule has 2 heterocycles. The van der Waals surface area contributed by atoms with Crippen LogP contribution in [-0.4, -0.2) is 281 Å². The topological polar surface area (TPSA) is 467 Å². The predicted octanol–water partition coefficient (Wildman–Crippen LogP) is -3.38. The Morgan fingerprint density at radius 3 is 1.52 bits per heavy atom. The second-order valence-electron chi connectivity index (χ2n) is 18.9. The number of carboxylic acid groups (broad SMARTS) is 2. The maximum absolute atomic E-state index is 13.5. The van der Waals surface area contributed by atoms with Gasteiger partial charge in [0.05, 0.1) is 110 Å². The number of unbranched alkanes of at least 4 members (excludes halogenated alkanes) is 2. The van der Waals surface area contributed by atoms with Gasteiger partial charge in [-0.1, -0.05) is 20.3 Å². The summed E-state index contributed by atoms with van der Waals surface area (Å²) in [4.78, 5) is 88.1. The number of nitrogens with one attached hydrogen (secondary N) is 1. The fourth-order valence-corrected chi connectivity index (χ4v) is 7.98. The lowest BCUT2D eigenvalue weighted by molar-refractivity contribution is -0.148. The number of carboxylic acids is 2. The molecule has 32 heteroatoms. The second kappa shape index (κ2) is 40.0. The summed E-state index contributed by atoms with van der Waals surface area (Å²) >= 11 is 0. The minimum absolute atomic E-state index is 0.00279. The van der Waals surface area contributed by atoms with E-state index in [0.717, 1.165) is 35.6 Å². The van der Waals surface area contributed by atoms with Crippen LogP contribution in [0.2, 0.25) is 0 Å². The van der Waals surface area contributed by atoms with Crippen molar-refractivity contribution in [3.8, 4) is 0 Å². The molecule has 2 aliphatic rings. The predicted molar refractivity (Wildman–Crippen MR) is 289 cm³/mol. The van der Waals surface area contributed by atoms with Crippen molar-refractivity contribution in [2.24, 2.45) is 38.8 Å². The summed E-state index contributed by atoms with van der Waals surface area (Å²) in [6, 6.07) is -3.44. The molecule has 2 aliphatic heterocycles. The molecule has 0 spiro atoms. The molecule has 32 nitrogen and oxygen atoms in total. The molecule has 0 saturated carbocycles. The van der Waals surface area contributed by atoms with Crippen LogP contribution in [0.4, 0.5) is 9.59 Å². The van der Waals surface area contributed by atoms with E-state index in [2.05, 4.69) is 22.2 Å². The number of carbonyl (C=O) groups is 6. The van der Waals surface area contributed by atoms with E-state index < -0.39 is 121 Å². The number of nitrogens with zero attached hydrogens (tertiary/aromatic N) is 5. The maximum atomic E-state index is 13.5. The van der Waals surface area contributed by atoms with E-state index in [1.54, 1.807) is 11.8 Å². The van der Waals surface area contributed by atoms with Gasteiger partial charge in [-0.15, -0.1) is 0 Å². The summed E-state index contributed by atoms with van der Waals surface area (Å²) in [6.07, 6.45) is -6.65. The summed E-state index contributed by atoms with van der Waals surface area (Å²) in [7, 11) is 2.78. The first-order valence-electron chi connectivity index (χ1n) is 26.9. The zero-order chi connectivity index (χ0) is 61.1. The average Bonchev–Trinajstić information content (AvgIpc) is 3.57. The molecule has 0 saturated heterocycles. The van der Waals surface area contributed by atoms with Crippen LogP contribution in [0.5, 0.6) is 0 Å². The summed E-state index contributed by atoms with van der Waals surface area (Å²) in [5.41, 5.74) is 22.2. The van der Waals surface area contributed by atoms with Gasteiger partial charge >= 0.3 is 24.1 Å². The third-order valence-electron chi connectivity index (χ3n) is 12.4. The fourth-order valence-electron chi connectivity index (χ4n) is 7.98. The summed E-state index contributed by atoms with van der Waals surface area (Å²) in [6.45, 7) is 6.75. The molecule has 2 rings (SSSR count). The molecule has 0 aromatic heterocycles. The highest BCUT2D eigenvalue weighted by molar-refractivity contribution is 5.86. The van der Waals surface area contributed by atoms with Crippen molar-refractivity contribution in [3.05, 3.63) is 23.7 Å². The summed E-state index contributed by atoms with van der Waals surface area (Å²) in [5, 5.41) is 63.1. The molecule has 4 amide bonds. The van der Waals surface area contributed by atoms with E-state index >= 15 is 0 Å². The lowest BCUT2D eigenvalue weighted by Crippen LogP contribution is -2.61. The SMILES string of the molecule is CCCCOCCOCCOCCOCCC(=O)N(CCCCN(C)C(=O)O[C@@H]([C@@H]1OC(C(=O)O)=C[C@H](N=C(N)N)[C@H]1NC(C)=O)[C@H](O)CO)CCOCCOCCN(C)C(=O)O[C@@H]([C@@H]1OC(C(=O)O)=C[C@H](N=C(N)N)[C@H]1C)[C@H](O)CO. The Bertz CT molecular complexity index is 2070. The number of guanidine groups is 2. The van der Waals surface area contributed by atoms with Gasteiger partial charge in [0, 0.05) is 59.7 Å². The van der Waals surface area contributed by atoms with Crippen molar-refractivity contribution >= 4 is 47.9 Å². The number of ether oxygens (including phenoxy) is 10. The van der Waals surface area contributed by atoms with Gasteiger partial charge in [-0.3, -0.25) is 9.59 Å². The number of aliphatic hydroxyl groups is 4. The Balaban J connectivity index is 2.00. The molecule has 82 heavy (non-hydrogen) atoms. The largest absolute Gasteiger partial charge is 0.479 e. The molecule has 0 bridgehead atoms. The molecule has 15 N–H and O–H groups in total. The Labute approximate surface area is 476 Å². The Hall–Kier alpha value is -6.36. The highest BCUT2D eigenvalue weighted by atomic mass is 16.6. The summed E-state index contributed by atoms with van der Waals surface area (Å²) in [5.74, 6) is -6.64. The molecule has 0 aliphatic carbocycles. The number of rotatable bonds is 42. The fraction of sp³-hybridized carbons (Fsp3) is 0.760. The molecule has 0 radical (unpaired) electrons. The molecule has 0 unspecified atom stereocenters. The number of aliphatic carboxylic acids is 2. The third-order valence-corrected chi connectivity index (χ3v) is 12.4. The van der Waals surface area contributed by atoms with Crippen molar-refractivity contribution in [1.29, 1.82) is 0 Å². The number of aliphatic hydroxyl groups excluding tert-OH is 4. The number of likely N-dealkylation sites (N-methyl/N-ethyl adjacent to an activating group) is 1. The average molecular weight is 1180 g/mol. The van der Waals surface area contributed by atoms with E-state index in [1.165, 1.54) is 20.2 Å². The van der Waals surface area contributed by atoms with Crippen LogP contribution in [0.25, 0.3) is 0 Å². The lowest BCUT2D eigenvalue weighted by atomic mass is 9.87. The van der Waals surface area contributed by atoms with Gasteiger partial charge in [-0.25, -0.2) is 29.2 Å². The Morgan fingerprint density at radius 1 is 0.610 bits per heavy atom. The van der Waals surface area contributed by atoms with Crippen molar-refractivity contribution < 1.29 is 107 Å². The van der Waals surface area contributed by atoms with Gasteiger partial charge in [0.25, 0.3) is 0 Å². The monoisotopic (exact) mass is 1180 g/mol. The molecular formula is C50H88N10O22. The van der Waals surface area contributed by atoms with Gasteiger partial charge in [0.2, 0.25) is 23.3 Å². The quantitative estimate of drug-likeness (QED) is 0.0161. The Morgan fingerprint density at radius 2 is 1.04 bits per heavy atom. The van der Waals surface area contributed by atoms with Crippen LogP contribution in [0, 0.1) is 5.92 Å².